The molecule has 0 radical (unpaired) electrons. The van der Waals surface area contributed by atoms with Gasteiger partial charge in [0.15, 0.2) is 46.6 Å². The van der Waals surface area contributed by atoms with Crippen molar-refractivity contribution in [1.82, 2.24) is 83.8 Å². The van der Waals surface area contributed by atoms with Crippen molar-refractivity contribution in [3.8, 4) is 46.6 Å². The maximum absolute atomic E-state index is 10.6. The van der Waals surface area contributed by atoms with Crippen LogP contribution >= 0.6 is 0 Å². The number of carboxylic acid groups (broad SMARTS) is 1. The van der Waals surface area contributed by atoms with E-state index in [-0.39, 0.29) is 25.6 Å². The molecule has 0 fully saturated rings. The zero-order valence-electron chi connectivity index (χ0n) is 27.8. The molecule has 8 heterocycles. The van der Waals surface area contributed by atoms with E-state index in [1.807, 2.05) is 60.5 Å². The Kier molecular flexibility index (Phi) is 15.1. The minimum Gasteiger partial charge on any atom is -0.870 e. The number of nitrogens with zero attached hydrogens (tertiary/aromatic N) is 13. The minimum absolute atomic E-state index is 0. The molecule has 0 spiro atoms. The van der Waals surface area contributed by atoms with Gasteiger partial charge in [-0.15, -0.1) is 0 Å². The van der Waals surface area contributed by atoms with Crippen LogP contribution in [0.5, 0.6) is 0 Å². The Labute approximate surface area is 292 Å². The molecular weight excluding hydrogens is 658 g/mol. The predicted molar refractivity (Wildman–Crippen MR) is 188 cm³/mol. The Morgan fingerprint density at radius 2 is 0.863 bits per heavy atom. The monoisotopic (exact) mass is 700 g/mol. The van der Waals surface area contributed by atoms with E-state index in [9.17, 15) is 4.79 Å². The number of carbonyl (C=O) groups is 1. The number of aromatic amines is 3. The maximum Gasteiger partial charge on any atom is 0.323 e. The fraction of sp³-hybridized carbons (Fsp3) is 0.194. The van der Waals surface area contributed by atoms with E-state index in [1.165, 1.54) is 0 Å². The van der Waals surface area contributed by atoms with E-state index in [2.05, 4.69) is 54.8 Å². The second-order valence-electron chi connectivity index (χ2n) is 10.0. The number of aryl methyl sites for hydroxylation is 4. The molecule has 8 N–H and O–H groups in total. The highest BCUT2D eigenvalue weighted by Crippen LogP contribution is 2.14. The summed E-state index contributed by atoms with van der Waals surface area (Å²) in [6.45, 7) is -0.109. The quantitative estimate of drug-likeness (QED) is 0.167. The van der Waals surface area contributed by atoms with Crippen LogP contribution in [-0.4, -0.2) is 94.2 Å². The fourth-order valence-corrected chi connectivity index (χ4v) is 4.30. The summed E-state index contributed by atoms with van der Waals surface area (Å²) in [6.07, 6.45) is 28.0. The van der Waals surface area contributed by atoms with Gasteiger partial charge in [0.1, 0.15) is 6.54 Å². The average molecular weight is 701 g/mol. The van der Waals surface area contributed by atoms with Crippen LogP contribution < -0.4 is 6.15 Å². The number of hydrogen-bond acceptors (Lipinski definition) is 11. The van der Waals surface area contributed by atoms with Gasteiger partial charge in [-0.2, -0.15) is 0 Å². The lowest BCUT2D eigenvalue weighted by Crippen LogP contribution is -2.10. The van der Waals surface area contributed by atoms with Crippen molar-refractivity contribution in [1.29, 1.82) is 0 Å². The molecule has 20 heteroatoms. The van der Waals surface area contributed by atoms with Gasteiger partial charge in [0, 0.05) is 127 Å². The smallest absolute Gasteiger partial charge is 0.323 e. The van der Waals surface area contributed by atoms with Gasteiger partial charge in [-0.05, 0) is 0 Å². The highest BCUT2D eigenvalue weighted by molar-refractivity contribution is 5.67. The van der Waals surface area contributed by atoms with Gasteiger partial charge in [0.05, 0.1) is 0 Å². The van der Waals surface area contributed by atoms with Gasteiger partial charge in [-0.25, -0.2) is 39.9 Å². The maximum atomic E-state index is 10.6. The van der Waals surface area contributed by atoms with Gasteiger partial charge in [0.2, 0.25) is 0 Å². The number of aliphatic carboxylic acids is 1. The predicted octanol–water partition coefficient (Wildman–Crippen LogP) is 3.42. The van der Waals surface area contributed by atoms with Gasteiger partial charge >= 0.3 is 5.97 Å². The van der Waals surface area contributed by atoms with Crippen molar-refractivity contribution < 1.29 is 15.4 Å². The third-order valence-corrected chi connectivity index (χ3v) is 6.64. The molecule has 0 saturated heterocycles. The number of nitrogens with one attached hydrogen (secondary N) is 3. The highest BCUT2D eigenvalue weighted by atomic mass is 16.4. The van der Waals surface area contributed by atoms with E-state index in [1.54, 1.807) is 89.7 Å². The third kappa shape index (κ3) is 10.3. The summed E-state index contributed by atoms with van der Waals surface area (Å²) in [5.41, 5.74) is 0. The largest absolute Gasteiger partial charge is 0.870 e. The van der Waals surface area contributed by atoms with Gasteiger partial charge in [-0.3, -0.25) is 4.79 Å². The number of aromatic nitrogens is 16. The van der Waals surface area contributed by atoms with Gasteiger partial charge < -0.3 is 54.5 Å². The summed E-state index contributed by atoms with van der Waals surface area (Å²) in [4.78, 5) is 52.3. The zero-order valence-corrected chi connectivity index (χ0v) is 27.8. The molecule has 270 valence electrons. The van der Waals surface area contributed by atoms with Crippen molar-refractivity contribution in [2.45, 2.75) is 14.0 Å². The van der Waals surface area contributed by atoms with Crippen LogP contribution in [0.1, 0.15) is 7.43 Å². The van der Waals surface area contributed by atoms with Crippen molar-refractivity contribution in [2.75, 3.05) is 0 Å². The standard InChI is InChI=1S/C9H10N4O2.C8H10N4.C7H8N4.C6H6N4.CH4.H3N.H2O/c1-12-4-2-10-8(12)9-11-3-5-13(9)6-7(14)15;1-11-5-3-9-7(11)8-10-4-6-12(8)2;1-11-5-4-10-7(11)6-8-2-3-9-6;1-2-8-5(7-1)6-9-3-4-10-6;;;/h2-5H,6H2,1H3,(H,14,15);3-6H,1-2H3;2-5H,1H3,(H,8,9);1-4H,(H,7,8)(H,9,10);1H4;1H3;1H2/p-1. The van der Waals surface area contributed by atoms with Crippen molar-refractivity contribution in [3.05, 3.63) is 99.1 Å². The molecule has 0 aliphatic rings. The molecule has 8 rings (SSSR count). The molecule has 8 aromatic heterocycles. The molecule has 0 aromatic carbocycles. The number of carboxylic acids is 1. The van der Waals surface area contributed by atoms with Gasteiger partial charge in [-0.1, -0.05) is 7.43 Å². The second-order valence-corrected chi connectivity index (χ2v) is 10.0. The molecule has 0 unspecified atom stereocenters. The Morgan fingerprint density at radius 1 is 0.529 bits per heavy atom. The number of imidazole rings is 8. The summed E-state index contributed by atoms with van der Waals surface area (Å²) in [5.74, 6) is 5.29. The molecule has 20 nitrogen and oxygen atoms in total. The summed E-state index contributed by atoms with van der Waals surface area (Å²) in [5, 5.41) is 8.70. The Hall–Kier alpha value is -6.93. The van der Waals surface area contributed by atoms with E-state index in [4.69, 9.17) is 5.11 Å². The lowest BCUT2D eigenvalue weighted by atomic mass is 10.5. The van der Waals surface area contributed by atoms with Crippen molar-refractivity contribution in [3.63, 3.8) is 0 Å². The van der Waals surface area contributed by atoms with Crippen LogP contribution in [0.2, 0.25) is 0 Å². The van der Waals surface area contributed by atoms with Crippen LogP contribution in [0, 0.1) is 0 Å². The first kappa shape index (κ1) is 40.2. The third-order valence-electron chi connectivity index (χ3n) is 6.64. The van der Waals surface area contributed by atoms with Crippen molar-refractivity contribution >= 4 is 5.97 Å². The fourth-order valence-electron chi connectivity index (χ4n) is 4.30. The van der Waals surface area contributed by atoms with Crippen LogP contribution in [-0.2, 0) is 39.5 Å². The van der Waals surface area contributed by atoms with E-state index in [0.717, 1.165) is 34.9 Å². The zero-order chi connectivity index (χ0) is 33.9. The summed E-state index contributed by atoms with van der Waals surface area (Å²) in [7, 11) is 7.68. The highest BCUT2D eigenvalue weighted by Gasteiger charge is 2.12. The van der Waals surface area contributed by atoms with Crippen LogP contribution in [0.25, 0.3) is 46.6 Å². The normalized spacial score (nSPS) is 9.73. The Morgan fingerprint density at radius 3 is 1.20 bits per heavy atom. The second kappa shape index (κ2) is 19.2. The molecular formula is C31H42N17O3-. The van der Waals surface area contributed by atoms with Crippen LogP contribution in [0.15, 0.2) is 99.1 Å². The first-order valence-corrected chi connectivity index (χ1v) is 14.4. The summed E-state index contributed by atoms with van der Waals surface area (Å²) < 4.78 is 9.15. The average Bonchev–Trinajstić information content (AvgIpc) is 3.91. The lowest BCUT2D eigenvalue weighted by molar-refractivity contribution is -0.137. The SMILES string of the molecule is C.Cn1ccnc1-c1ncc[nH]1.Cn1ccnc1-c1nccn1C.Cn1ccnc1-c1nccn1CC(=O)O.N.[OH-].c1c[nH]c(-c2ncc[nH]2)n1. The molecule has 0 amide bonds. The number of rotatable bonds is 6. The van der Waals surface area contributed by atoms with E-state index >= 15 is 0 Å². The molecule has 0 bridgehead atoms. The van der Waals surface area contributed by atoms with Gasteiger partial charge in [0.25, 0.3) is 0 Å². The van der Waals surface area contributed by atoms with Crippen LogP contribution in [0.3, 0.4) is 0 Å². The number of H-pyrrole nitrogens is 3. The van der Waals surface area contributed by atoms with Crippen LogP contribution in [0.4, 0.5) is 0 Å². The molecule has 0 aliphatic carbocycles. The van der Waals surface area contributed by atoms with E-state index < -0.39 is 5.97 Å². The van der Waals surface area contributed by atoms with Crippen molar-refractivity contribution in [2.24, 2.45) is 28.2 Å². The minimum atomic E-state index is -0.900. The molecule has 51 heavy (non-hydrogen) atoms. The molecule has 0 atom stereocenters. The summed E-state index contributed by atoms with van der Waals surface area (Å²) in [6, 6.07) is 0. The van der Waals surface area contributed by atoms with E-state index in [0.29, 0.717) is 11.6 Å². The Balaban J connectivity index is 0.000000233. The molecule has 0 aliphatic heterocycles. The first-order chi connectivity index (χ1) is 23.3. The lowest BCUT2D eigenvalue weighted by Gasteiger charge is -2.04. The molecule has 0 saturated carbocycles. The topological polar surface area (TPSA) is 277 Å². The first-order valence-electron chi connectivity index (χ1n) is 14.4. The molecule has 8 aromatic rings. The number of hydrogen-bond donors (Lipinski definition) is 5. The Bertz CT molecular complexity index is 2030. The summed E-state index contributed by atoms with van der Waals surface area (Å²) >= 11 is 0.